The molecule has 0 bridgehead atoms. The minimum atomic E-state index is 0.681. The monoisotopic (exact) mass is 152 g/mol. The maximum atomic E-state index is 4.02. The molecule has 0 aromatic carbocycles. The van der Waals surface area contributed by atoms with E-state index in [1.165, 1.54) is 12.8 Å². The zero-order chi connectivity index (χ0) is 7.68. The molecule has 1 fully saturated rings. The molecule has 1 aromatic heterocycles. The number of aromatic amines is 1. The molecule has 0 saturated heterocycles. The van der Waals surface area contributed by atoms with Crippen LogP contribution in [0.4, 0.5) is 11.6 Å². The molecule has 0 unspecified atom stereocenters. The van der Waals surface area contributed by atoms with Crippen LogP contribution in [0, 0.1) is 0 Å². The van der Waals surface area contributed by atoms with Gasteiger partial charge in [0.15, 0.2) is 0 Å². The van der Waals surface area contributed by atoms with E-state index in [0.717, 1.165) is 11.6 Å². The van der Waals surface area contributed by atoms with E-state index in [4.69, 9.17) is 0 Å². The predicted molar refractivity (Wildman–Crippen MR) is 44.8 cm³/mol. The smallest absolute Gasteiger partial charge is 0.149 e. The van der Waals surface area contributed by atoms with Crippen molar-refractivity contribution in [2.45, 2.75) is 18.9 Å². The van der Waals surface area contributed by atoms with Gasteiger partial charge in [0.2, 0.25) is 0 Å². The number of hydrogen-bond donors (Lipinski definition) is 3. The molecule has 0 spiro atoms. The van der Waals surface area contributed by atoms with E-state index in [0.29, 0.717) is 6.04 Å². The van der Waals surface area contributed by atoms with Crippen LogP contribution in [0.3, 0.4) is 0 Å². The lowest BCUT2D eigenvalue weighted by Gasteiger charge is -1.96. The summed E-state index contributed by atoms with van der Waals surface area (Å²) in [6.07, 6.45) is 2.57. The number of aromatic nitrogens is 2. The van der Waals surface area contributed by atoms with Crippen molar-refractivity contribution in [1.29, 1.82) is 0 Å². The second kappa shape index (κ2) is 2.45. The number of H-pyrrole nitrogens is 1. The maximum absolute atomic E-state index is 4.02. The number of hydrogen-bond acceptors (Lipinski definition) is 3. The predicted octanol–water partition coefficient (Wildman–Crippen LogP) is 1.03. The Labute approximate surface area is 65.4 Å². The Morgan fingerprint density at radius 3 is 3.00 bits per heavy atom. The average Bonchev–Trinajstić information content (AvgIpc) is 2.68. The summed E-state index contributed by atoms with van der Waals surface area (Å²) in [5.74, 6) is 1.89. The van der Waals surface area contributed by atoms with Crippen molar-refractivity contribution >= 4 is 11.6 Å². The van der Waals surface area contributed by atoms with Crippen LogP contribution in [0.25, 0.3) is 0 Å². The van der Waals surface area contributed by atoms with Crippen molar-refractivity contribution in [2.75, 3.05) is 17.7 Å². The zero-order valence-electron chi connectivity index (χ0n) is 6.52. The molecule has 1 aromatic rings. The van der Waals surface area contributed by atoms with Crippen molar-refractivity contribution in [3.05, 3.63) is 6.07 Å². The highest BCUT2D eigenvalue weighted by Crippen LogP contribution is 2.24. The fraction of sp³-hybridized carbons (Fsp3) is 0.571. The van der Waals surface area contributed by atoms with Crippen molar-refractivity contribution < 1.29 is 0 Å². The summed E-state index contributed by atoms with van der Waals surface area (Å²) in [6.45, 7) is 0. The zero-order valence-corrected chi connectivity index (χ0v) is 6.52. The van der Waals surface area contributed by atoms with Gasteiger partial charge in [-0.3, -0.25) is 5.10 Å². The van der Waals surface area contributed by atoms with E-state index in [-0.39, 0.29) is 0 Å². The highest BCUT2D eigenvalue weighted by Gasteiger charge is 2.21. The van der Waals surface area contributed by atoms with Crippen LogP contribution in [0.15, 0.2) is 6.07 Å². The summed E-state index contributed by atoms with van der Waals surface area (Å²) in [7, 11) is 1.86. The lowest BCUT2D eigenvalue weighted by molar-refractivity contribution is 1.05. The van der Waals surface area contributed by atoms with E-state index < -0.39 is 0 Å². The van der Waals surface area contributed by atoms with Gasteiger partial charge in [0.25, 0.3) is 0 Å². The van der Waals surface area contributed by atoms with Gasteiger partial charge in [-0.15, -0.1) is 0 Å². The summed E-state index contributed by atoms with van der Waals surface area (Å²) in [4.78, 5) is 0. The minimum absolute atomic E-state index is 0.681. The Balaban J connectivity index is 1.99. The maximum Gasteiger partial charge on any atom is 0.149 e. The normalized spacial score (nSPS) is 16.5. The Morgan fingerprint density at radius 2 is 2.45 bits per heavy atom. The molecule has 4 nitrogen and oxygen atoms in total. The highest BCUT2D eigenvalue weighted by atomic mass is 15.2. The molecule has 0 amide bonds. The van der Waals surface area contributed by atoms with E-state index in [1.54, 1.807) is 0 Å². The van der Waals surface area contributed by atoms with Crippen LogP contribution in [-0.4, -0.2) is 23.3 Å². The molecule has 1 heterocycles. The lowest BCUT2D eigenvalue weighted by atomic mass is 10.5. The first-order valence-electron chi connectivity index (χ1n) is 3.88. The van der Waals surface area contributed by atoms with Gasteiger partial charge in [0, 0.05) is 19.2 Å². The Kier molecular flexibility index (Phi) is 1.45. The average molecular weight is 152 g/mol. The van der Waals surface area contributed by atoms with Gasteiger partial charge in [0.1, 0.15) is 11.6 Å². The molecule has 60 valence electrons. The van der Waals surface area contributed by atoms with Gasteiger partial charge < -0.3 is 10.6 Å². The summed E-state index contributed by atoms with van der Waals surface area (Å²) in [5, 5.41) is 13.2. The van der Waals surface area contributed by atoms with Crippen LogP contribution in [0.5, 0.6) is 0 Å². The van der Waals surface area contributed by atoms with Crippen molar-refractivity contribution in [3.63, 3.8) is 0 Å². The Morgan fingerprint density at radius 1 is 1.64 bits per heavy atom. The number of nitrogens with zero attached hydrogens (tertiary/aromatic N) is 1. The van der Waals surface area contributed by atoms with E-state index in [1.807, 2.05) is 13.1 Å². The molecule has 1 aliphatic rings. The van der Waals surface area contributed by atoms with Crippen LogP contribution in [0.2, 0.25) is 0 Å². The molecule has 0 aliphatic heterocycles. The second-order valence-corrected chi connectivity index (χ2v) is 2.84. The fourth-order valence-electron chi connectivity index (χ4n) is 0.971. The minimum Gasteiger partial charge on any atom is -0.372 e. The van der Waals surface area contributed by atoms with Gasteiger partial charge >= 0.3 is 0 Å². The summed E-state index contributed by atoms with van der Waals surface area (Å²) in [6, 6.07) is 2.65. The summed E-state index contributed by atoms with van der Waals surface area (Å²) in [5.41, 5.74) is 0. The Bertz CT molecular complexity index is 238. The molecule has 3 N–H and O–H groups in total. The first-order valence-corrected chi connectivity index (χ1v) is 3.88. The van der Waals surface area contributed by atoms with E-state index in [9.17, 15) is 0 Å². The molecule has 1 aliphatic carbocycles. The van der Waals surface area contributed by atoms with E-state index >= 15 is 0 Å². The van der Waals surface area contributed by atoms with Gasteiger partial charge in [0.05, 0.1) is 0 Å². The van der Waals surface area contributed by atoms with Crippen LogP contribution < -0.4 is 10.6 Å². The summed E-state index contributed by atoms with van der Waals surface area (Å²) < 4.78 is 0. The summed E-state index contributed by atoms with van der Waals surface area (Å²) >= 11 is 0. The third kappa shape index (κ3) is 1.45. The van der Waals surface area contributed by atoms with Crippen LogP contribution in [-0.2, 0) is 0 Å². The van der Waals surface area contributed by atoms with Crippen molar-refractivity contribution in [3.8, 4) is 0 Å². The number of anilines is 2. The quantitative estimate of drug-likeness (QED) is 0.606. The molecule has 2 rings (SSSR count). The highest BCUT2D eigenvalue weighted by molar-refractivity contribution is 5.48. The molecule has 1 saturated carbocycles. The third-order valence-corrected chi connectivity index (χ3v) is 1.77. The largest absolute Gasteiger partial charge is 0.372 e. The molecule has 0 radical (unpaired) electrons. The number of nitrogens with one attached hydrogen (secondary N) is 3. The molecular weight excluding hydrogens is 140 g/mol. The van der Waals surface area contributed by atoms with Crippen LogP contribution >= 0.6 is 0 Å². The molecular formula is C7H12N4. The van der Waals surface area contributed by atoms with Crippen molar-refractivity contribution in [2.24, 2.45) is 0 Å². The second-order valence-electron chi connectivity index (χ2n) is 2.84. The van der Waals surface area contributed by atoms with Gasteiger partial charge in [-0.05, 0) is 12.8 Å². The fourth-order valence-corrected chi connectivity index (χ4v) is 0.971. The Hall–Kier alpha value is -1.19. The topological polar surface area (TPSA) is 52.7 Å². The molecule has 4 heteroatoms. The van der Waals surface area contributed by atoms with Crippen LogP contribution in [0.1, 0.15) is 12.8 Å². The molecule has 0 atom stereocenters. The number of rotatable bonds is 3. The van der Waals surface area contributed by atoms with Gasteiger partial charge in [-0.1, -0.05) is 0 Å². The van der Waals surface area contributed by atoms with Gasteiger partial charge in [-0.25, -0.2) is 0 Å². The van der Waals surface area contributed by atoms with Crippen molar-refractivity contribution in [1.82, 2.24) is 10.2 Å². The first kappa shape index (κ1) is 6.52. The van der Waals surface area contributed by atoms with Gasteiger partial charge in [-0.2, -0.15) is 5.10 Å². The SMILES string of the molecule is CNc1cc(NC2CC2)[nH]n1. The van der Waals surface area contributed by atoms with E-state index in [2.05, 4.69) is 20.8 Å². The first-order chi connectivity index (χ1) is 5.38. The third-order valence-electron chi connectivity index (χ3n) is 1.77. The standard InChI is InChI=1S/C7H12N4/c1-8-6-4-7(11-10-6)9-5-2-3-5/h4-5H,2-3H2,1H3,(H3,8,9,10,11). The molecule has 11 heavy (non-hydrogen) atoms. The lowest BCUT2D eigenvalue weighted by Crippen LogP contribution is -2.00.